The fourth-order valence-corrected chi connectivity index (χ4v) is 2.68. The largest absolute Gasteiger partial charge is 0.481 e. The highest BCUT2D eigenvalue weighted by atomic mass is 16.4. The van der Waals surface area contributed by atoms with Crippen LogP contribution in [0.4, 0.5) is 0 Å². The molecule has 5 nitrogen and oxygen atoms in total. The summed E-state index contributed by atoms with van der Waals surface area (Å²) in [6.07, 6.45) is 21.2. The molecule has 0 fully saturated rings. The van der Waals surface area contributed by atoms with Crippen molar-refractivity contribution in [3.63, 3.8) is 0 Å². The molecule has 0 aliphatic rings. The average Bonchev–Trinajstić information content (AvgIpc) is 2.65. The van der Waals surface area contributed by atoms with E-state index in [1.165, 1.54) is 70.6 Å². The minimum Gasteiger partial charge on any atom is -0.481 e. The highest BCUT2D eigenvalue weighted by Gasteiger charge is 1.95. The maximum Gasteiger partial charge on any atom is 0.303 e. The van der Waals surface area contributed by atoms with Crippen molar-refractivity contribution in [2.45, 2.75) is 96.8 Å². The van der Waals surface area contributed by atoms with Crippen molar-refractivity contribution in [3.05, 3.63) is 12.2 Å². The van der Waals surface area contributed by atoms with Crippen LogP contribution >= 0.6 is 0 Å². The second-order valence-corrected chi connectivity index (χ2v) is 7.06. The fourth-order valence-electron chi connectivity index (χ4n) is 2.68. The first-order valence-electron chi connectivity index (χ1n) is 11.2. The van der Waals surface area contributed by atoms with Gasteiger partial charge in [-0.1, -0.05) is 70.4 Å². The molecule has 0 aliphatic carbocycles. The van der Waals surface area contributed by atoms with Crippen LogP contribution in [-0.4, -0.2) is 37.3 Å². The lowest BCUT2D eigenvalue weighted by atomic mass is 10.1. The maximum atomic E-state index is 10.3. The first-order chi connectivity index (χ1) is 13.2. The molecule has 0 aliphatic heterocycles. The zero-order valence-corrected chi connectivity index (χ0v) is 17.9. The van der Waals surface area contributed by atoms with Gasteiger partial charge in [-0.15, -0.1) is 0 Å². The van der Waals surface area contributed by atoms with Gasteiger partial charge in [0.05, 0.1) is 0 Å². The van der Waals surface area contributed by atoms with Crippen molar-refractivity contribution >= 4 is 5.97 Å². The van der Waals surface area contributed by atoms with Crippen molar-refractivity contribution < 1.29 is 9.90 Å². The fraction of sp³-hybridized carbons (Fsp3) is 0.864. The van der Waals surface area contributed by atoms with Gasteiger partial charge in [0.25, 0.3) is 0 Å². The summed E-state index contributed by atoms with van der Waals surface area (Å²) in [7, 11) is 0. The molecule has 27 heavy (non-hydrogen) atoms. The quantitative estimate of drug-likeness (QED) is 0.192. The SMILES string of the molecule is CCCCCCCC/C=C\CCCCCCCC(=O)O.NCCNCCN. The predicted molar refractivity (Wildman–Crippen MR) is 118 cm³/mol. The van der Waals surface area contributed by atoms with E-state index in [9.17, 15) is 4.79 Å². The highest BCUT2D eigenvalue weighted by molar-refractivity contribution is 5.66. The molecule has 0 aromatic carbocycles. The van der Waals surface area contributed by atoms with Gasteiger partial charge in [0.2, 0.25) is 0 Å². The van der Waals surface area contributed by atoms with E-state index in [1.807, 2.05) is 0 Å². The zero-order valence-electron chi connectivity index (χ0n) is 17.9. The molecule has 0 aromatic rings. The lowest BCUT2D eigenvalue weighted by Crippen LogP contribution is -2.27. The third-order valence-corrected chi connectivity index (χ3v) is 4.29. The van der Waals surface area contributed by atoms with Gasteiger partial charge >= 0.3 is 5.97 Å². The van der Waals surface area contributed by atoms with Crippen molar-refractivity contribution in [1.29, 1.82) is 0 Å². The molecule has 0 unspecified atom stereocenters. The summed E-state index contributed by atoms with van der Waals surface area (Å²) in [5, 5.41) is 11.5. The molecular weight excluding hydrogens is 338 g/mol. The number of unbranched alkanes of at least 4 members (excludes halogenated alkanes) is 11. The molecule has 0 radical (unpaired) electrons. The summed E-state index contributed by atoms with van der Waals surface area (Å²) in [6.45, 7) is 5.39. The number of carboxylic acids is 1. The second kappa shape index (κ2) is 27.3. The monoisotopic (exact) mass is 385 g/mol. The number of aliphatic carboxylic acids is 1. The molecular formula is C22H47N3O2. The van der Waals surface area contributed by atoms with E-state index >= 15 is 0 Å². The lowest BCUT2D eigenvalue weighted by Gasteiger charge is -1.99. The number of carbonyl (C=O) groups is 1. The van der Waals surface area contributed by atoms with Crippen LogP contribution in [0.3, 0.4) is 0 Å². The summed E-state index contributed by atoms with van der Waals surface area (Å²) in [4.78, 5) is 10.3. The third-order valence-electron chi connectivity index (χ3n) is 4.29. The minimum absolute atomic E-state index is 0.332. The molecule has 0 aromatic heterocycles. The van der Waals surface area contributed by atoms with Gasteiger partial charge in [0, 0.05) is 32.6 Å². The molecule has 0 spiro atoms. The van der Waals surface area contributed by atoms with Gasteiger partial charge in [-0.2, -0.15) is 0 Å². The normalized spacial score (nSPS) is 10.8. The number of nitrogens with one attached hydrogen (secondary N) is 1. The Morgan fingerprint density at radius 3 is 1.67 bits per heavy atom. The Morgan fingerprint density at radius 1 is 0.778 bits per heavy atom. The average molecular weight is 386 g/mol. The molecule has 162 valence electrons. The highest BCUT2D eigenvalue weighted by Crippen LogP contribution is 2.09. The van der Waals surface area contributed by atoms with Gasteiger partial charge in [0.15, 0.2) is 0 Å². The molecule has 5 heteroatoms. The van der Waals surface area contributed by atoms with Crippen LogP contribution in [0.5, 0.6) is 0 Å². The number of rotatable bonds is 19. The van der Waals surface area contributed by atoms with E-state index < -0.39 is 5.97 Å². The Labute approximate surface area is 168 Å². The molecule has 0 amide bonds. The van der Waals surface area contributed by atoms with Crippen LogP contribution in [0.2, 0.25) is 0 Å². The molecule has 0 bridgehead atoms. The zero-order chi connectivity index (χ0) is 20.4. The van der Waals surface area contributed by atoms with Crippen LogP contribution in [-0.2, 0) is 4.79 Å². The molecule has 0 rings (SSSR count). The molecule has 0 atom stereocenters. The van der Waals surface area contributed by atoms with E-state index in [2.05, 4.69) is 24.4 Å². The Balaban J connectivity index is 0. The van der Waals surface area contributed by atoms with Gasteiger partial charge in [-0.05, 0) is 32.1 Å². The minimum atomic E-state index is -0.664. The van der Waals surface area contributed by atoms with Crippen molar-refractivity contribution in [3.8, 4) is 0 Å². The smallest absolute Gasteiger partial charge is 0.303 e. The first-order valence-corrected chi connectivity index (χ1v) is 11.2. The number of hydrogen-bond donors (Lipinski definition) is 4. The number of allylic oxidation sites excluding steroid dienone is 2. The molecule has 0 saturated carbocycles. The van der Waals surface area contributed by atoms with Crippen LogP contribution < -0.4 is 16.8 Å². The van der Waals surface area contributed by atoms with Crippen LogP contribution in [0.1, 0.15) is 96.8 Å². The lowest BCUT2D eigenvalue weighted by molar-refractivity contribution is -0.137. The van der Waals surface area contributed by atoms with Crippen LogP contribution in [0.15, 0.2) is 12.2 Å². The van der Waals surface area contributed by atoms with Gasteiger partial charge in [0.1, 0.15) is 0 Å². The topological polar surface area (TPSA) is 101 Å². The molecule has 0 saturated heterocycles. The first kappa shape index (κ1) is 28.3. The molecule has 0 heterocycles. The van der Waals surface area contributed by atoms with Gasteiger partial charge in [-0.25, -0.2) is 0 Å². The van der Waals surface area contributed by atoms with Gasteiger partial charge in [-0.3, -0.25) is 4.79 Å². The van der Waals surface area contributed by atoms with E-state index in [0.717, 1.165) is 25.9 Å². The van der Waals surface area contributed by atoms with Crippen molar-refractivity contribution in [2.75, 3.05) is 26.2 Å². The predicted octanol–water partition coefficient (Wildman–Crippen LogP) is 4.60. The van der Waals surface area contributed by atoms with E-state index in [0.29, 0.717) is 19.5 Å². The van der Waals surface area contributed by atoms with Crippen LogP contribution in [0.25, 0.3) is 0 Å². The summed E-state index contributed by atoms with van der Waals surface area (Å²) in [5.41, 5.74) is 10.3. The Morgan fingerprint density at radius 2 is 1.22 bits per heavy atom. The van der Waals surface area contributed by atoms with Crippen molar-refractivity contribution in [2.24, 2.45) is 11.5 Å². The number of hydrogen-bond acceptors (Lipinski definition) is 4. The summed E-state index contributed by atoms with van der Waals surface area (Å²) >= 11 is 0. The Bertz CT molecular complexity index is 306. The van der Waals surface area contributed by atoms with Crippen LogP contribution in [0, 0.1) is 0 Å². The Kier molecular flexibility index (Phi) is 28.6. The van der Waals surface area contributed by atoms with E-state index in [-0.39, 0.29) is 0 Å². The number of nitrogens with two attached hydrogens (primary N) is 2. The second-order valence-electron chi connectivity index (χ2n) is 7.06. The summed E-state index contributed by atoms with van der Waals surface area (Å²) in [5.74, 6) is -0.664. The summed E-state index contributed by atoms with van der Waals surface area (Å²) in [6, 6.07) is 0. The summed E-state index contributed by atoms with van der Waals surface area (Å²) < 4.78 is 0. The standard InChI is InChI=1S/C18H34O2.C4H13N3/c1-2-3-4-5-6-7-8-9-10-11-12-13-14-15-16-17-18(19)20;5-1-3-7-4-2-6/h9-10H,2-8,11-17H2,1H3,(H,19,20);7H,1-6H2/b10-9-;. The molecule has 6 N–H and O–H groups in total. The number of carboxylic acid groups (broad SMARTS) is 1. The maximum absolute atomic E-state index is 10.3. The van der Waals surface area contributed by atoms with E-state index in [1.54, 1.807) is 0 Å². The third kappa shape index (κ3) is 33.1. The van der Waals surface area contributed by atoms with Crippen molar-refractivity contribution in [1.82, 2.24) is 5.32 Å². The Hall–Kier alpha value is -0.910. The van der Waals surface area contributed by atoms with Gasteiger partial charge < -0.3 is 21.9 Å². The van der Waals surface area contributed by atoms with E-state index in [4.69, 9.17) is 16.6 Å².